The third kappa shape index (κ3) is 3.97. The van der Waals surface area contributed by atoms with E-state index in [1.165, 1.54) is 0 Å². The van der Waals surface area contributed by atoms with Crippen LogP contribution in [-0.4, -0.2) is 72.7 Å². The summed E-state index contributed by atoms with van der Waals surface area (Å²) < 4.78 is 0. The molecular weight excluding hydrogens is 280 g/mol. The molecule has 0 saturated carbocycles. The number of aliphatic hydroxyl groups is 1. The summed E-state index contributed by atoms with van der Waals surface area (Å²) in [5.74, 6) is 0. The van der Waals surface area contributed by atoms with Crippen molar-refractivity contribution >= 4 is 6.03 Å². The monoisotopic (exact) mass is 302 g/mol. The second-order valence-electron chi connectivity index (χ2n) is 5.71. The Labute approximate surface area is 131 Å². The Morgan fingerprint density at radius 3 is 2.36 bits per heavy atom. The minimum Gasteiger partial charge on any atom is -0.387 e. The molecule has 2 amide bonds. The molecule has 1 saturated heterocycles. The number of β-amino-alcohol motifs (C(OH)–C–C–N with tert-alkyl or cyclic N) is 1. The molecule has 1 fully saturated rings. The number of carbonyl (C=O) groups excluding carboxylic acids is 1. The van der Waals surface area contributed by atoms with Gasteiger partial charge < -0.3 is 14.9 Å². The Balaban J connectivity index is 1.85. The number of aliphatic hydroxyl groups excluding tert-OH is 1. The second-order valence-corrected chi connectivity index (χ2v) is 5.71. The van der Waals surface area contributed by atoms with Crippen LogP contribution in [0, 0.1) is 11.3 Å². The van der Waals surface area contributed by atoms with Crippen LogP contribution in [0.25, 0.3) is 0 Å². The van der Waals surface area contributed by atoms with Gasteiger partial charge in [0.05, 0.1) is 17.7 Å². The highest BCUT2D eigenvalue weighted by Crippen LogP contribution is 2.16. The molecule has 22 heavy (non-hydrogen) atoms. The van der Waals surface area contributed by atoms with E-state index in [-0.39, 0.29) is 6.03 Å². The molecule has 1 aromatic carbocycles. The fourth-order valence-corrected chi connectivity index (χ4v) is 2.53. The number of hydrogen-bond acceptors (Lipinski definition) is 4. The zero-order chi connectivity index (χ0) is 16.1. The number of amides is 2. The SMILES string of the molecule is CN(C)C(=O)N1CCN(CC(O)c2ccc(C#N)cc2)CC1. The highest BCUT2D eigenvalue weighted by Gasteiger charge is 2.23. The van der Waals surface area contributed by atoms with Crippen LogP contribution in [0.3, 0.4) is 0 Å². The molecule has 1 aliphatic heterocycles. The maximum Gasteiger partial charge on any atom is 0.319 e. The van der Waals surface area contributed by atoms with Crippen molar-refractivity contribution in [3.8, 4) is 6.07 Å². The Morgan fingerprint density at radius 1 is 1.27 bits per heavy atom. The van der Waals surface area contributed by atoms with Gasteiger partial charge in [0.2, 0.25) is 0 Å². The first-order valence-corrected chi connectivity index (χ1v) is 7.38. The Bertz CT molecular complexity index is 542. The molecule has 2 rings (SSSR count). The van der Waals surface area contributed by atoms with E-state index in [4.69, 9.17) is 5.26 Å². The van der Waals surface area contributed by atoms with Crippen LogP contribution in [0.4, 0.5) is 4.79 Å². The Hall–Kier alpha value is -2.10. The van der Waals surface area contributed by atoms with Crippen molar-refractivity contribution in [1.29, 1.82) is 5.26 Å². The number of urea groups is 1. The predicted molar refractivity (Wildman–Crippen MR) is 83.2 cm³/mol. The third-order valence-corrected chi connectivity index (χ3v) is 3.88. The van der Waals surface area contributed by atoms with Gasteiger partial charge in [0, 0.05) is 46.8 Å². The van der Waals surface area contributed by atoms with Crippen molar-refractivity contribution in [2.75, 3.05) is 46.8 Å². The number of rotatable bonds is 3. The van der Waals surface area contributed by atoms with Gasteiger partial charge in [-0.05, 0) is 17.7 Å². The molecule has 6 nitrogen and oxygen atoms in total. The fraction of sp³-hybridized carbons (Fsp3) is 0.500. The quantitative estimate of drug-likeness (QED) is 0.900. The zero-order valence-electron chi connectivity index (χ0n) is 13.1. The lowest BCUT2D eigenvalue weighted by Gasteiger charge is -2.36. The Morgan fingerprint density at radius 2 is 1.86 bits per heavy atom. The van der Waals surface area contributed by atoms with E-state index in [9.17, 15) is 9.90 Å². The highest BCUT2D eigenvalue weighted by molar-refractivity contribution is 5.73. The molecule has 118 valence electrons. The molecule has 1 aromatic rings. The van der Waals surface area contributed by atoms with E-state index in [1.807, 2.05) is 4.90 Å². The van der Waals surface area contributed by atoms with E-state index in [0.717, 1.165) is 18.7 Å². The fourth-order valence-electron chi connectivity index (χ4n) is 2.53. The largest absolute Gasteiger partial charge is 0.387 e. The molecule has 1 atom stereocenters. The van der Waals surface area contributed by atoms with Crippen LogP contribution in [0.2, 0.25) is 0 Å². The molecule has 6 heteroatoms. The van der Waals surface area contributed by atoms with E-state index < -0.39 is 6.10 Å². The normalized spacial score (nSPS) is 16.9. The van der Waals surface area contributed by atoms with E-state index >= 15 is 0 Å². The topological polar surface area (TPSA) is 70.8 Å². The van der Waals surface area contributed by atoms with Gasteiger partial charge in [-0.3, -0.25) is 4.90 Å². The van der Waals surface area contributed by atoms with Gasteiger partial charge in [0.1, 0.15) is 0 Å². The van der Waals surface area contributed by atoms with Crippen molar-refractivity contribution in [2.45, 2.75) is 6.10 Å². The number of nitriles is 1. The minimum absolute atomic E-state index is 0.0345. The second kappa shape index (κ2) is 7.25. The standard InChI is InChI=1S/C16H22N4O2/c1-18(2)16(22)20-9-7-19(8-10-20)12-15(21)14-5-3-13(11-17)4-6-14/h3-6,15,21H,7-10,12H2,1-2H3. The van der Waals surface area contributed by atoms with Crippen molar-refractivity contribution in [3.63, 3.8) is 0 Å². The summed E-state index contributed by atoms with van der Waals surface area (Å²) in [6.45, 7) is 3.41. The summed E-state index contributed by atoms with van der Waals surface area (Å²) in [4.78, 5) is 17.4. The van der Waals surface area contributed by atoms with Crippen molar-refractivity contribution in [1.82, 2.24) is 14.7 Å². The minimum atomic E-state index is -0.580. The van der Waals surface area contributed by atoms with Crippen molar-refractivity contribution in [3.05, 3.63) is 35.4 Å². The number of hydrogen-bond donors (Lipinski definition) is 1. The van der Waals surface area contributed by atoms with E-state index in [0.29, 0.717) is 25.2 Å². The van der Waals surface area contributed by atoms with Crippen LogP contribution in [0.5, 0.6) is 0 Å². The summed E-state index contributed by atoms with van der Waals surface area (Å²) in [5, 5.41) is 19.1. The first kappa shape index (κ1) is 16.3. The summed E-state index contributed by atoms with van der Waals surface area (Å²) >= 11 is 0. The first-order chi connectivity index (χ1) is 10.5. The molecule has 0 radical (unpaired) electrons. The lowest BCUT2D eigenvalue weighted by molar-refractivity contribution is 0.0762. The van der Waals surface area contributed by atoms with E-state index in [2.05, 4.69) is 11.0 Å². The van der Waals surface area contributed by atoms with Gasteiger partial charge >= 0.3 is 6.03 Å². The highest BCUT2D eigenvalue weighted by atomic mass is 16.3. The molecule has 0 spiro atoms. The molecule has 1 heterocycles. The van der Waals surface area contributed by atoms with Crippen LogP contribution < -0.4 is 0 Å². The van der Waals surface area contributed by atoms with Gasteiger partial charge in [0.25, 0.3) is 0 Å². The van der Waals surface area contributed by atoms with Crippen LogP contribution in [0.1, 0.15) is 17.2 Å². The average Bonchev–Trinajstić information content (AvgIpc) is 2.54. The molecule has 0 aromatic heterocycles. The average molecular weight is 302 g/mol. The zero-order valence-corrected chi connectivity index (χ0v) is 13.1. The lowest BCUT2D eigenvalue weighted by atomic mass is 10.1. The molecular formula is C16H22N4O2. The maximum absolute atomic E-state index is 11.9. The van der Waals surface area contributed by atoms with Crippen molar-refractivity contribution < 1.29 is 9.90 Å². The van der Waals surface area contributed by atoms with Gasteiger partial charge in [-0.15, -0.1) is 0 Å². The molecule has 1 N–H and O–H groups in total. The van der Waals surface area contributed by atoms with Crippen molar-refractivity contribution in [2.24, 2.45) is 0 Å². The van der Waals surface area contributed by atoms with Gasteiger partial charge in [-0.2, -0.15) is 5.26 Å². The number of carbonyl (C=O) groups is 1. The maximum atomic E-state index is 11.9. The van der Waals surface area contributed by atoms with E-state index in [1.54, 1.807) is 43.3 Å². The smallest absolute Gasteiger partial charge is 0.319 e. The molecule has 1 unspecified atom stereocenters. The Kier molecular flexibility index (Phi) is 5.36. The molecule has 1 aliphatic rings. The summed E-state index contributed by atoms with van der Waals surface area (Å²) in [6, 6.07) is 9.10. The third-order valence-electron chi connectivity index (χ3n) is 3.88. The summed E-state index contributed by atoms with van der Waals surface area (Å²) in [6.07, 6.45) is -0.580. The number of nitrogens with zero attached hydrogens (tertiary/aromatic N) is 4. The molecule has 0 aliphatic carbocycles. The lowest BCUT2D eigenvalue weighted by Crippen LogP contribution is -2.52. The van der Waals surface area contributed by atoms with Crippen LogP contribution in [-0.2, 0) is 0 Å². The van der Waals surface area contributed by atoms with Gasteiger partial charge in [-0.25, -0.2) is 4.79 Å². The summed E-state index contributed by atoms with van der Waals surface area (Å²) in [5.41, 5.74) is 1.40. The van der Waals surface area contributed by atoms with Gasteiger partial charge in [0.15, 0.2) is 0 Å². The first-order valence-electron chi connectivity index (χ1n) is 7.38. The molecule has 0 bridgehead atoms. The van der Waals surface area contributed by atoms with Gasteiger partial charge in [-0.1, -0.05) is 12.1 Å². The summed E-state index contributed by atoms with van der Waals surface area (Å²) in [7, 11) is 3.51. The number of piperazine rings is 1. The van der Waals surface area contributed by atoms with Crippen LogP contribution in [0.15, 0.2) is 24.3 Å². The predicted octanol–water partition coefficient (Wildman–Crippen LogP) is 0.891. The van der Waals surface area contributed by atoms with Crippen LogP contribution >= 0.6 is 0 Å². The number of benzene rings is 1.